The van der Waals surface area contributed by atoms with E-state index in [1.54, 1.807) is 29.4 Å². The maximum Gasteiger partial charge on any atom is 0.307 e. The molecule has 0 spiro atoms. The van der Waals surface area contributed by atoms with Gasteiger partial charge in [-0.3, -0.25) is 9.59 Å². The van der Waals surface area contributed by atoms with E-state index >= 15 is 0 Å². The number of thioether (sulfide) groups is 1. The number of hydrogen-bond acceptors (Lipinski definition) is 4. The van der Waals surface area contributed by atoms with E-state index in [4.69, 9.17) is 0 Å². The Kier molecular flexibility index (Phi) is 4.87. The van der Waals surface area contributed by atoms with Crippen molar-refractivity contribution in [3.05, 3.63) is 70.4 Å². The molecule has 1 amide bonds. The van der Waals surface area contributed by atoms with Crippen LogP contribution in [0, 0.1) is 0 Å². The van der Waals surface area contributed by atoms with Crippen molar-refractivity contribution in [2.45, 2.75) is 4.90 Å². The van der Waals surface area contributed by atoms with Crippen LogP contribution in [-0.4, -0.2) is 16.2 Å². The van der Waals surface area contributed by atoms with Gasteiger partial charge in [0, 0.05) is 23.4 Å². The molecule has 0 aliphatic carbocycles. The Morgan fingerprint density at radius 2 is 2.12 bits per heavy atom. The van der Waals surface area contributed by atoms with Crippen molar-refractivity contribution in [2.24, 2.45) is 7.05 Å². The Balaban J connectivity index is 1.87. The van der Waals surface area contributed by atoms with Crippen LogP contribution >= 0.6 is 23.1 Å². The number of fused-ring (bicyclic) bond motifs is 1. The summed E-state index contributed by atoms with van der Waals surface area (Å²) in [5.41, 5.74) is 2.17. The van der Waals surface area contributed by atoms with Crippen LogP contribution in [-0.2, 0) is 7.05 Å². The predicted molar refractivity (Wildman–Crippen MR) is 102 cm³/mol. The average molecular weight is 356 g/mol. The van der Waals surface area contributed by atoms with Gasteiger partial charge in [-0.1, -0.05) is 29.5 Å². The number of nitrogens with one attached hydrogen (secondary N) is 1. The van der Waals surface area contributed by atoms with Crippen molar-refractivity contribution in [3.8, 4) is 0 Å². The lowest BCUT2D eigenvalue weighted by molar-refractivity contribution is 0.102. The molecule has 1 N–H and O–H groups in total. The second-order valence-electron chi connectivity index (χ2n) is 5.16. The summed E-state index contributed by atoms with van der Waals surface area (Å²) in [5, 5.41) is 2.91. The van der Waals surface area contributed by atoms with Gasteiger partial charge in [0.1, 0.15) is 0 Å². The summed E-state index contributed by atoms with van der Waals surface area (Å²) in [6.07, 6.45) is 1.81. The first kappa shape index (κ1) is 16.5. The third-order valence-corrected chi connectivity index (χ3v) is 5.60. The number of amides is 1. The van der Waals surface area contributed by atoms with E-state index in [0.29, 0.717) is 11.3 Å². The van der Waals surface area contributed by atoms with E-state index in [2.05, 4.69) is 11.9 Å². The lowest BCUT2D eigenvalue weighted by atomic mass is 10.2. The van der Waals surface area contributed by atoms with Gasteiger partial charge in [-0.25, -0.2) is 0 Å². The van der Waals surface area contributed by atoms with Gasteiger partial charge >= 0.3 is 4.87 Å². The Hall–Kier alpha value is -2.31. The Bertz CT molecular complexity index is 973. The maximum absolute atomic E-state index is 12.6. The molecule has 0 aliphatic heterocycles. The summed E-state index contributed by atoms with van der Waals surface area (Å²) in [5.74, 6) is 0.582. The molecule has 0 aliphatic rings. The van der Waals surface area contributed by atoms with Gasteiger partial charge in [0.15, 0.2) is 0 Å². The van der Waals surface area contributed by atoms with Gasteiger partial charge in [-0.05, 0) is 30.3 Å². The van der Waals surface area contributed by atoms with Crippen LogP contribution in [0.1, 0.15) is 10.4 Å². The molecule has 0 saturated carbocycles. The first-order valence-electron chi connectivity index (χ1n) is 7.34. The summed E-state index contributed by atoms with van der Waals surface area (Å²) in [6, 6.07) is 13.0. The summed E-state index contributed by atoms with van der Waals surface area (Å²) >= 11 is 2.74. The zero-order chi connectivity index (χ0) is 17.1. The highest BCUT2D eigenvalue weighted by Gasteiger charge is 2.12. The number of aromatic nitrogens is 1. The van der Waals surface area contributed by atoms with Crippen LogP contribution in [0.4, 0.5) is 5.69 Å². The SMILES string of the molecule is C=CCSc1ccccc1C(=O)Nc1ccc2c(c1)sc(=O)n2C. The van der Waals surface area contributed by atoms with Crippen molar-refractivity contribution < 1.29 is 4.79 Å². The summed E-state index contributed by atoms with van der Waals surface area (Å²) in [7, 11) is 1.74. The molecule has 24 heavy (non-hydrogen) atoms. The number of carbonyl (C=O) groups is 1. The number of carbonyl (C=O) groups excluding carboxylic acids is 1. The number of thiazole rings is 1. The van der Waals surface area contributed by atoms with Gasteiger partial charge in [-0.2, -0.15) is 0 Å². The zero-order valence-corrected chi connectivity index (χ0v) is 14.7. The molecule has 0 unspecified atom stereocenters. The van der Waals surface area contributed by atoms with Gasteiger partial charge < -0.3 is 9.88 Å². The third-order valence-electron chi connectivity index (χ3n) is 3.54. The van der Waals surface area contributed by atoms with Crippen molar-refractivity contribution in [1.29, 1.82) is 0 Å². The molecule has 0 bridgehead atoms. The highest BCUT2D eigenvalue weighted by molar-refractivity contribution is 7.99. The van der Waals surface area contributed by atoms with E-state index in [-0.39, 0.29) is 10.8 Å². The molecule has 0 fully saturated rings. The molecular formula is C18H16N2O2S2. The number of nitrogens with zero attached hydrogens (tertiary/aromatic N) is 1. The molecule has 0 radical (unpaired) electrons. The standard InChI is InChI=1S/C18H16N2O2S2/c1-3-10-23-15-7-5-4-6-13(15)17(21)19-12-8-9-14-16(11-12)24-18(22)20(14)2/h3-9,11H,1,10H2,2H3,(H,19,21). The Morgan fingerprint density at radius 1 is 1.33 bits per heavy atom. The summed E-state index contributed by atoms with van der Waals surface area (Å²) < 4.78 is 2.46. The quantitative estimate of drug-likeness (QED) is 0.552. The van der Waals surface area contributed by atoms with Gasteiger partial charge in [0.2, 0.25) is 0 Å². The number of hydrogen-bond donors (Lipinski definition) is 1. The molecule has 0 atom stereocenters. The maximum atomic E-state index is 12.6. The van der Waals surface area contributed by atoms with Crippen molar-refractivity contribution in [2.75, 3.05) is 11.1 Å². The van der Waals surface area contributed by atoms with Gasteiger partial charge in [0.25, 0.3) is 5.91 Å². The molecule has 0 saturated heterocycles. The lowest BCUT2D eigenvalue weighted by Crippen LogP contribution is -2.13. The molecule has 6 heteroatoms. The van der Waals surface area contributed by atoms with E-state index in [1.807, 2.05) is 42.5 Å². The monoisotopic (exact) mass is 356 g/mol. The van der Waals surface area contributed by atoms with Crippen LogP contribution in [0.3, 0.4) is 0 Å². The van der Waals surface area contributed by atoms with Crippen molar-refractivity contribution in [3.63, 3.8) is 0 Å². The second kappa shape index (κ2) is 7.07. The minimum Gasteiger partial charge on any atom is -0.322 e. The van der Waals surface area contributed by atoms with E-state index in [0.717, 1.165) is 20.9 Å². The lowest BCUT2D eigenvalue weighted by Gasteiger charge is -2.09. The minimum absolute atomic E-state index is 0.0142. The van der Waals surface area contributed by atoms with Crippen LogP contribution in [0.25, 0.3) is 10.2 Å². The van der Waals surface area contributed by atoms with Crippen LogP contribution in [0.15, 0.2) is 64.8 Å². The van der Waals surface area contributed by atoms with Gasteiger partial charge in [-0.15, -0.1) is 18.3 Å². The number of aryl methyl sites for hydroxylation is 1. The fraction of sp³-hybridized carbons (Fsp3) is 0.111. The Morgan fingerprint density at radius 3 is 2.92 bits per heavy atom. The average Bonchev–Trinajstić information content (AvgIpc) is 2.87. The van der Waals surface area contributed by atoms with E-state index in [9.17, 15) is 9.59 Å². The van der Waals surface area contributed by atoms with Gasteiger partial charge in [0.05, 0.1) is 15.8 Å². The number of anilines is 1. The zero-order valence-electron chi connectivity index (χ0n) is 13.1. The highest BCUT2D eigenvalue weighted by atomic mass is 32.2. The Labute approximate surface area is 147 Å². The second-order valence-corrected chi connectivity index (χ2v) is 7.21. The number of benzene rings is 2. The van der Waals surface area contributed by atoms with Crippen LogP contribution in [0.2, 0.25) is 0 Å². The fourth-order valence-electron chi connectivity index (χ4n) is 2.34. The molecule has 4 nitrogen and oxygen atoms in total. The highest BCUT2D eigenvalue weighted by Crippen LogP contribution is 2.25. The topological polar surface area (TPSA) is 51.1 Å². The van der Waals surface area contributed by atoms with E-state index < -0.39 is 0 Å². The molecular weight excluding hydrogens is 340 g/mol. The summed E-state index contributed by atoms with van der Waals surface area (Å²) in [4.78, 5) is 25.2. The third kappa shape index (κ3) is 3.29. The summed E-state index contributed by atoms with van der Waals surface area (Å²) in [6.45, 7) is 3.71. The fourth-order valence-corrected chi connectivity index (χ4v) is 4.05. The molecule has 1 heterocycles. The largest absolute Gasteiger partial charge is 0.322 e. The predicted octanol–water partition coefficient (Wildman–Crippen LogP) is 4.13. The van der Waals surface area contributed by atoms with Crippen LogP contribution < -0.4 is 10.2 Å². The van der Waals surface area contributed by atoms with Crippen molar-refractivity contribution >= 4 is 44.9 Å². The molecule has 2 aromatic carbocycles. The normalized spacial score (nSPS) is 10.7. The van der Waals surface area contributed by atoms with Crippen LogP contribution in [0.5, 0.6) is 0 Å². The first-order valence-corrected chi connectivity index (χ1v) is 9.14. The molecule has 122 valence electrons. The molecule has 3 aromatic rings. The molecule has 3 rings (SSSR count). The minimum atomic E-state index is -0.162. The number of rotatable bonds is 5. The van der Waals surface area contributed by atoms with Crippen molar-refractivity contribution in [1.82, 2.24) is 4.57 Å². The smallest absolute Gasteiger partial charge is 0.307 e. The molecule has 1 aromatic heterocycles. The van der Waals surface area contributed by atoms with E-state index in [1.165, 1.54) is 11.3 Å². The first-order chi connectivity index (χ1) is 11.6.